The van der Waals surface area contributed by atoms with Crippen molar-refractivity contribution in [1.82, 2.24) is 10.2 Å². The van der Waals surface area contributed by atoms with Gasteiger partial charge in [0.25, 0.3) is 0 Å². The largest absolute Gasteiger partial charge is 0.394 e. The zero-order valence-electron chi connectivity index (χ0n) is 14.9. The lowest BCUT2D eigenvalue weighted by molar-refractivity contribution is 0.0578. The number of nitrogens with zero attached hydrogens (tertiary/aromatic N) is 1. The van der Waals surface area contributed by atoms with Crippen LogP contribution in [-0.2, 0) is 4.74 Å². The normalized spacial score (nSPS) is 21.6. The van der Waals surface area contributed by atoms with Gasteiger partial charge in [-0.1, -0.05) is 13.8 Å². The quantitative estimate of drug-likeness (QED) is 0.614. The summed E-state index contributed by atoms with van der Waals surface area (Å²) in [5.41, 5.74) is -0.220. The minimum absolute atomic E-state index is 0.172. The number of hydrogen-bond donors (Lipinski definition) is 2. The van der Waals surface area contributed by atoms with Gasteiger partial charge in [-0.2, -0.15) is 0 Å². The van der Waals surface area contributed by atoms with E-state index in [4.69, 9.17) is 4.74 Å². The van der Waals surface area contributed by atoms with Crippen LogP contribution in [0.25, 0.3) is 0 Å². The van der Waals surface area contributed by atoms with E-state index >= 15 is 0 Å². The van der Waals surface area contributed by atoms with Crippen molar-refractivity contribution in [2.45, 2.75) is 77.5 Å². The highest BCUT2D eigenvalue weighted by molar-refractivity contribution is 4.92. The lowest BCUT2D eigenvalue weighted by atomic mass is 9.92. The number of nitrogens with one attached hydrogen (secondary N) is 1. The second kappa shape index (κ2) is 8.47. The summed E-state index contributed by atoms with van der Waals surface area (Å²) in [6.45, 7) is 12.9. The predicted octanol–water partition coefficient (Wildman–Crippen LogP) is 2.26. The topological polar surface area (TPSA) is 44.7 Å². The highest BCUT2D eigenvalue weighted by Crippen LogP contribution is 2.36. The van der Waals surface area contributed by atoms with E-state index in [-0.39, 0.29) is 12.1 Å². The van der Waals surface area contributed by atoms with Crippen molar-refractivity contribution in [1.29, 1.82) is 0 Å². The standard InChI is InChI=1S/C17H36N2O2/c1-13(2)18-17(5,12-20)11-14(3)19(9-10-21-6)15(4)16-7-8-16/h13-16,18,20H,7-12H2,1-6H3. The lowest BCUT2D eigenvalue weighted by Gasteiger charge is -2.40. The van der Waals surface area contributed by atoms with Crippen LogP contribution in [-0.4, -0.2) is 60.5 Å². The maximum absolute atomic E-state index is 9.80. The molecule has 3 atom stereocenters. The Morgan fingerprint density at radius 1 is 1.29 bits per heavy atom. The van der Waals surface area contributed by atoms with E-state index in [9.17, 15) is 5.11 Å². The first-order valence-corrected chi connectivity index (χ1v) is 8.46. The Morgan fingerprint density at radius 3 is 2.33 bits per heavy atom. The van der Waals surface area contributed by atoms with Gasteiger partial charge in [-0.15, -0.1) is 0 Å². The van der Waals surface area contributed by atoms with Gasteiger partial charge in [-0.25, -0.2) is 0 Å². The number of ether oxygens (including phenoxy) is 1. The second-order valence-electron chi connectivity index (χ2n) is 7.38. The monoisotopic (exact) mass is 300 g/mol. The van der Waals surface area contributed by atoms with Crippen molar-refractivity contribution < 1.29 is 9.84 Å². The van der Waals surface area contributed by atoms with Crippen molar-refractivity contribution in [3.8, 4) is 0 Å². The third-order valence-corrected chi connectivity index (χ3v) is 4.68. The number of rotatable bonds is 11. The molecule has 0 aromatic heterocycles. The molecule has 0 aliphatic heterocycles. The molecule has 3 unspecified atom stereocenters. The van der Waals surface area contributed by atoms with E-state index in [0.29, 0.717) is 18.1 Å². The molecule has 1 saturated carbocycles. The van der Waals surface area contributed by atoms with Gasteiger partial charge in [0.05, 0.1) is 13.2 Å². The predicted molar refractivity (Wildman–Crippen MR) is 88.6 cm³/mol. The van der Waals surface area contributed by atoms with Crippen LogP contribution in [0.2, 0.25) is 0 Å². The molecule has 1 rings (SSSR count). The van der Waals surface area contributed by atoms with Crippen molar-refractivity contribution in [3.05, 3.63) is 0 Å². The molecular formula is C17H36N2O2. The van der Waals surface area contributed by atoms with Crippen LogP contribution in [0.4, 0.5) is 0 Å². The van der Waals surface area contributed by atoms with Crippen molar-refractivity contribution in [2.24, 2.45) is 5.92 Å². The van der Waals surface area contributed by atoms with Gasteiger partial charge in [0.1, 0.15) is 0 Å². The number of aliphatic hydroxyl groups excluding tert-OH is 1. The molecule has 1 aliphatic rings. The summed E-state index contributed by atoms with van der Waals surface area (Å²) >= 11 is 0. The van der Waals surface area contributed by atoms with E-state index < -0.39 is 0 Å². The molecule has 0 saturated heterocycles. The smallest absolute Gasteiger partial charge is 0.0611 e. The Bertz CT molecular complexity index is 295. The summed E-state index contributed by atoms with van der Waals surface area (Å²) in [6.07, 6.45) is 3.67. The van der Waals surface area contributed by atoms with E-state index in [2.05, 4.69) is 44.8 Å². The molecule has 126 valence electrons. The van der Waals surface area contributed by atoms with E-state index in [0.717, 1.165) is 25.5 Å². The van der Waals surface area contributed by atoms with Crippen LogP contribution in [0.3, 0.4) is 0 Å². The highest BCUT2D eigenvalue weighted by atomic mass is 16.5. The molecule has 0 aromatic carbocycles. The van der Waals surface area contributed by atoms with Gasteiger partial charge >= 0.3 is 0 Å². The fourth-order valence-electron chi connectivity index (χ4n) is 3.51. The molecule has 0 aromatic rings. The summed E-state index contributed by atoms with van der Waals surface area (Å²) < 4.78 is 5.29. The van der Waals surface area contributed by atoms with Crippen molar-refractivity contribution in [3.63, 3.8) is 0 Å². The zero-order chi connectivity index (χ0) is 16.0. The minimum Gasteiger partial charge on any atom is -0.394 e. The molecule has 21 heavy (non-hydrogen) atoms. The fraction of sp³-hybridized carbons (Fsp3) is 1.00. The maximum atomic E-state index is 9.80. The molecule has 2 N–H and O–H groups in total. The van der Waals surface area contributed by atoms with Crippen LogP contribution in [0.5, 0.6) is 0 Å². The number of hydrogen-bond acceptors (Lipinski definition) is 4. The first kappa shape index (κ1) is 18.9. The Labute approximate surface area is 131 Å². The average Bonchev–Trinajstić information content (AvgIpc) is 3.22. The van der Waals surface area contributed by atoms with E-state index in [1.165, 1.54) is 12.8 Å². The van der Waals surface area contributed by atoms with Gasteiger partial charge in [-0.3, -0.25) is 4.90 Å². The summed E-state index contributed by atoms with van der Waals surface area (Å²) in [5.74, 6) is 0.850. The molecule has 4 nitrogen and oxygen atoms in total. The Balaban J connectivity index is 2.66. The van der Waals surface area contributed by atoms with E-state index in [1.807, 2.05) is 0 Å². The average molecular weight is 300 g/mol. The Morgan fingerprint density at radius 2 is 1.90 bits per heavy atom. The molecule has 0 radical (unpaired) electrons. The van der Waals surface area contributed by atoms with Crippen molar-refractivity contribution >= 4 is 0 Å². The summed E-state index contributed by atoms with van der Waals surface area (Å²) in [6, 6.07) is 1.42. The SMILES string of the molecule is COCCN(C(C)CC(C)(CO)NC(C)C)C(C)C1CC1. The summed E-state index contributed by atoms with van der Waals surface area (Å²) in [5, 5.41) is 13.3. The minimum atomic E-state index is -0.220. The first-order chi connectivity index (χ1) is 9.83. The molecule has 1 fully saturated rings. The third-order valence-electron chi connectivity index (χ3n) is 4.68. The molecule has 4 heteroatoms. The molecule has 0 amide bonds. The fourth-order valence-corrected chi connectivity index (χ4v) is 3.51. The van der Waals surface area contributed by atoms with Gasteiger partial charge in [0.15, 0.2) is 0 Å². The first-order valence-electron chi connectivity index (χ1n) is 8.46. The van der Waals surface area contributed by atoms with Crippen LogP contribution in [0.15, 0.2) is 0 Å². The number of aliphatic hydroxyl groups is 1. The Hall–Kier alpha value is -0.160. The van der Waals surface area contributed by atoms with Gasteiger partial charge in [-0.05, 0) is 46.0 Å². The van der Waals surface area contributed by atoms with Crippen LogP contribution < -0.4 is 5.32 Å². The molecular weight excluding hydrogens is 264 g/mol. The molecule has 0 bridgehead atoms. The van der Waals surface area contributed by atoms with Crippen LogP contribution >= 0.6 is 0 Å². The summed E-state index contributed by atoms with van der Waals surface area (Å²) in [4.78, 5) is 2.57. The lowest BCUT2D eigenvalue weighted by Crippen LogP contribution is -2.54. The van der Waals surface area contributed by atoms with Gasteiger partial charge in [0.2, 0.25) is 0 Å². The van der Waals surface area contributed by atoms with Gasteiger partial charge in [0, 0.05) is 37.3 Å². The molecule has 0 spiro atoms. The molecule has 1 aliphatic carbocycles. The maximum Gasteiger partial charge on any atom is 0.0611 e. The Kier molecular flexibility index (Phi) is 7.62. The van der Waals surface area contributed by atoms with Crippen LogP contribution in [0.1, 0.15) is 53.9 Å². The molecule has 0 heterocycles. The second-order valence-corrected chi connectivity index (χ2v) is 7.38. The summed E-state index contributed by atoms with van der Waals surface area (Å²) in [7, 11) is 1.77. The number of methoxy groups -OCH3 is 1. The highest BCUT2D eigenvalue weighted by Gasteiger charge is 2.36. The third kappa shape index (κ3) is 6.23. The van der Waals surface area contributed by atoms with Crippen LogP contribution in [0, 0.1) is 5.92 Å². The van der Waals surface area contributed by atoms with E-state index in [1.54, 1.807) is 7.11 Å². The van der Waals surface area contributed by atoms with Crippen molar-refractivity contribution in [2.75, 3.05) is 26.9 Å². The zero-order valence-corrected chi connectivity index (χ0v) is 14.9. The van der Waals surface area contributed by atoms with Gasteiger partial charge < -0.3 is 15.2 Å².